The molecule has 3 nitrogen and oxygen atoms in total. The third-order valence-electron chi connectivity index (χ3n) is 3.78. The lowest BCUT2D eigenvalue weighted by Gasteiger charge is -2.36. The molecule has 1 aliphatic rings. The first kappa shape index (κ1) is 14.5. The van der Waals surface area contributed by atoms with Gasteiger partial charge in [0.05, 0.1) is 0 Å². The number of carbonyl (C=O) groups excluding carboxylic acids is 1. The summed E-state index contributed by atoms with van der Waals surface area (Å²) in [6.45, 7) is 11.8. The lowest BCUT2D eigenvalue weighted by Crippen LogP contribution is -2.42. The highest BCUT2D eigenvalue weighted by atomic mass is 16.2. The van der Waals surface area contributed by atoms with Crippen molar-refractivity contribution in [2.45, 2.75) is 46.6 Å². The zero-order valence-electron chi connectivity index (χ0n) is 12.1. The summed E-state index contributed by atoms with van der Waals surface area (Å²) < 4.78 is 0. The van der Waals surface area contributed by atoms with Gasteiger partial charge in [0.25, 0.3) is 0 Å². The predicted molar refractivity (Wildman–Crippen MR) is 71.9 cm³/mol. The molecule has 0 saturated carbocycles. The van der Waals surface area contributed by atoms with E-state index in [-0.39, 0.29) is 11.8 Å². The summed E-state index contributed by atoms with van der Waals surface area (Å²) in [6.07, 6.45) is 2.46. The van der Waals surface area contributed by atoms with Crippen molar-refractivity contribution in [1.29, 1.82) is 0 Å². The molecule has 1 amide bonds. The monoisotopic (exact) mass is 240 g/mol. The van der Waals surface area contributed by atoms with E-state index in [4.69, 9.17) is 0 Å². The molecule has 1 heterocycles. The van der Waals surface area contributed by atoms with Gasteiger partial charge in [0.15, 0.2) is 0 Å². The van der Waals surface area contributed by atoms with Crippen LogP contribution in [-0.4, -0.2) is 48.4 Å². The molecule has 0 aliphatic carbocycles. The maximum Gasteiger partial charge on any atom is 0.224 e. The minimum Gasteiger partial charge on any atom is -0.345 e. The van der Waals surface area contributed by atoms with Gasteiger partial charge in [0.2, 0.25) is 5.91 Å². The van der Waals surface area contributed by atoms with Gasteiger partial charge in [-0.3, -0.25) is 4.79 Å². The minimum atomic E-state index is 0.121. The number of amides is 1. The summed E-state index contributed by atoms with van der Waals surface area (Å²) in [5.41, 5.74) is 0. The van der Waals surface area contributed by atoms with Crippen LogP contribution in [0.2, 0.25) is 0 Å². The molecular formula is C14H28N2O. The van der Waals surface area contributed by atoms with Crippen LogP contribution in [0.4, 0.5) is 0 Å². The van der Waals surface area contributed by atoms with Gasteiger partial charge >= 0.3 is 0 Å². The summed E-state index contributed by atoms with van der Waals surface area (Å²) in [7, 11) is 1.94. The van der Waals surface area contributed by atoms with Gasteiger partial charge in [0, 0.05) is 25.6 Å². The van der Waals surface area contributed by atoms with Crippen LogP contribution in [-0.2, 0) is 4.79 Å². The third-order valence-corrected chi connectivity index (χ3v) is 3.78. The summed E-state index contributed by atoms with van der Waals surface area (Å²) in [4.78, 5) is 16.3. The van der Waals surface area contributed by atoms with Crippen molar-refractivity contribution in [2.24, 2.45) is 11.8 Å². The van der Waals surface area contributed by atoms with Crippen molar-refractivity contribution in [1.82, 2.24) is 9.80 Å². The highest BCUT2D eigenvalue weighted by Crippen LogP contribution is 2.20. The fourth-order valence-electron chi connectivity index (χ4n) is 2.57. The highest BCUT2D eigenvalue weighted by molar-refractivity contribution is 5.77. The lowest BCUT2D eigenvalue weighted by molar-refractivity contribution is -0.133. The first-order chi connectivity index (χ1) is 7.91. The van der Waals surface area contributed by atoms with Crippen LogP contribution >= 0.6 is 0 Å². The Bertz CT molecular complexity index is 243. The number of nitrogens with zero attached hydrogens (tertiary/aromatic N) is 2. The molecule has 3 heteroatoms. The van der Waals surface area contributed by atoms with E-state index in [2.05, 4.69) is 18.7 Å². The Morgan fingerprint density at radius 1 is 1.24 bits per heavy atom. The molecule has 1 fully saturated rings. The van der Waals surface area contributed by atoms with Crippen molar-refractivity contribution < 1.29 is 4.79 Å². The second-order valence-electron chi connectivity index (χ2n) is 5.95. The minimum absolute atomic E-state index is 0.121. The molecule has 0 aromatic heterocycles. The first-order valence-corrected chi connectivity index (χ1v) is 6.90. The van der Waals surface area contributed by atoms with Gasteiger partial charge in [-0.05, 0) is 45.7 Å². The van der Waals surface area contributed by atoms with E-state index in [9.17, 15) is 4.79 Å². The van der Waals surface area contributed by atoms with Gasteiger partial charge < -0.3 is 9.80 Å². The maximum absolute atomic E-state index is 11.8. The molecule has 0 N–H and O–H groups in total. The standard InChI is InChI=1S/C14H28N2O/c1-11(2)14(17)15(5)10-13-6-8-16(9-7-13)12(3)4/h11-13H,6-10H2,1-5H3. The highest BCUT2D eigenvalue weighted by Gasteiger charge is 2.23. The van der Waals surface area contributed by atoms with E-state index in [1.54, 1.807) is 0 Å². The summed E-state index contributed by atoms with van der Waals surface area (Å²) in [5, 5.41) is 0. The maximum atomic E-state index is 11.8. The Morgan fingerprint density at radius 3 is 2.18 bits per heavy atom. The molecule has 1 aliphatic heterocycles. The topological polar surface area (TPSA) is 23.6 Å². The van der Waals surface area contributed by atoms with Gasteiger partial charge in [-0.25, -0.2) is 0 Å². The average Bonchev–Trinajstić information content (AvgIpc) is 2.28. The zero-order chi connectivity index (χ0) is 13.0. The van der Waals surface area contributed by atoms with Gasteiger partial charge in [-0.15, -0.1) is 0 Å². The normalized spacial score (nSPS) is 19.0. The molecule has 0 radical (unpaired) electrons. The van der Waals surface area contributed by atoms with E-state index < -0.39 is 0 Å². The second-order valence-corrected chi connectivity index (χ2v) is 5.95. The molecule has 1 rings (SSSR count). The SMILES string of the molecule is CC(C)C(=O)N(C)CC1CCN(C(C)C)CC1. The molecule has 0 spiro atoms. The number of hydrogen-bond acceptors (Lipinski definition) is 2. The quantitative estimate of drug-likeness (QED) is 0.752. The van der Waals surface area contributed by atoms with Crippen molar-refractivity contribution in [2.75, 3.05) is 26.7 Å². The Hall–Kier alpha value is -0.570. The predicted octanol–water partition coefficient (Wildman–Crippen LogP) is 2.22. The van der Waals surface area contributed by atoms with Crippen LogP contribution in [0.25, 0.3) is 0 Å². The molecule has 0 unspecified atom stereocenters. The van der Waals surface area contributed by atoms with E-state index in [1.807, 2.05) is 25.8 Å². The molecule has 100 valence electrons. The van der Waals surface area contributed by atoms with Crippen molar-refractivity contribution >= 4 is 5.91 Å². The molecule has 0 aromatic carbocycles. The third kappa shape index (κ3) is 4.30. The van der Waals surface area contributed by atoms with E-state index in [0.717, 1.165) is 6.54 Å². The summed E-state index contributed by atoms with van der Waals surface area (Å²) >= 11 is 0. The lowest BCUT2D eigenvalue weighted by atomic mass is 9.95. The fraction of sp³-hybridized carbons (Fsp3) is 0.929. The fourth-order valence-corrected chi connectivity index (χ4v) is 2.57. The largest absolute Gasteiger partial charge is 0.345 e. The first-order valence-electron chi connectivity index (χ1n) is 6.90. The van der Waals surface area contributed by atoms with Crippen LogP contribution in [0.5, 0.6) is 0 Å². The number of piperidine rings is 1. The number of carbonyl (C=O) groups is 1. The Balaban J connectivity index is 2.33. The smallest absolute Gasteiger partial charge is 0.224 e. The molecule has 17 heavy (non-hydrogen) atoms. The van der Waals surface area contributed by atoms with Crippen LogP contribution < -0.4 is 0 Å². The Morgan fingerprint density at radius 2 is 1.76 bits per heavy atom. The van der Waals surface area contributed by atoms with Crippen molar-refractivity contribution in [3.05, 3.63) is 0 Å². The van der Waals surface area contributed by atoms with Crippen molar-refractivity contribution in [3.63, 3.8) is 0 Å². The van der Waals surface area contributed by atoms with Crippen LogP contribution in [0.3, 0.4) is 0 Å². The Kier molecular flexibility index (Phi) is 5.44. The number of rotatable bonds is 4. The molecule has 0 aromatic rings. The van der Waals surface area contributed by atoms with Crippen molar-refractivity contribution in [3.8, 4) is 0 Å². The van der Waals surface area contributed by atoms with E-state index in [1.165, 1.54) is 25.9 Å². The van der Waals surface area contributed by atoms with Gasteiger partial charge in [-0.1, -0.05) is 13.8 Å². The molecule has 0 bridgehead atoms. The molecular weight excluding hydrogens is 212 g/mol. The van der Waals surface area contributed by atoms with Gasteiger partial charge in [0.1, 0.15) is 0 Å². The summed E-state index contributed by atoms with van der Waals surface area (Å²) in [6, 6.07) is 0.658. The Labute approximate surface area is 106 Å². The number of likely N-dealkylation sites (tertiary alicyclic amines) is 1. The molecule has 1 saturated heterocycles. The van der Waals surface area contributed by atoms with E-state index >= 15 is 0 Å². The van der Waals surface area contributed by atoms with Crippen LogP contribution in [0.1, 0.15) is 40.5 Å². The van der Waals surface area contributed by atoms with E-state index in [0.29, 0.717) is 12.0 Å². The molecule has 0 atom stereocenters. The zero-order valence-corrected chi connectivity index (χ0v) is 12.1. The average molecular weight is 240 g/mol. The van der Waals surface area contributed by atoms with Crippen LogP contribution in [0.15, 0.2) is 0 Å². The second kappa shape index (κ2) is 6.39. The number of hydrogen-bond donors (Lipinski definition) is 0. The van der Waals surface area contributed by atoms with Gasteiger partial charge in [-0.2, -0.15) is 0 Å². The summed E-state index contributed by atoms with van der Waals surface area (Å²) in [5.74, 6) is 1.09. The van der Waals surface area contributed by atoms with Crippen LogP contribution in [0, 0.1) is 11.8 Å².